The van der Waals surface area contributed by atoms with E-state index in [1.807, 2.05) is 12.1 Å². The number of nitrogens with two attached hydrogens (primary N) is 1. The van der Waals surface area contributed by atoms with Crippen LogP contribution in [-0.2, 0) is 11.2 Å². The summed E-state index contributed by atoms with van der Waals surface area (Å²) in [7, 11) is 1.61. The fourth-order valence-electron chi connectivity index (χ4n) is 3.66. The average Bonchev–Trinajstić information content (AvgIpc) is 3.25. The normalized spacial score (nSPS) is 30.1. The van der Waals surface area contributed by atoms with Crippen LogP contribution in [0.5, 0.6) is 5.88 Å². The number of nitrogens with zero attached hydrogens (tertiary/aromatic N) is 1. The van der Waals surface area contributed by atoms with E-state index in [1.54, 1.807) is 13.3 Å². The summed E-state index contributed by atoms with van der Waals surface area (Å²) in [6.07, 6.45) is 7.96. The first-order chi connectivity index (χ1) is 10.6. The van der Waals surface area contributed by atoms with E-state index in [-0.39, 0.29) is 17.2 Å². The predicted molar refractivity (Wildman–Crippen MR) is 84.5 cm³/mol. The standard InChI is InChI=1S/C17H25N3O2/c1-22-15-10-12(4-8-19-15)5-9-20-16(21)14-11-17(14)6-2-13(18)3-7-17/h4,8,10,13-14H,2-3,5-7,9,11,18H2,1H3,(H,20,21). The summed E-state index contributed by atoms with van der Waals surface area (Å²) >= 11 is 0. The Morgan fingerprint density at radius 3 is 3.00 bits per heavy atom. The smallest absolute Gasteiger partial charge is 0.223 e. The molecule has 0 radical (unpaired) electrons. The minimum atomic E-state index is 0.215. The molecule has 5 heteroatoms. The average molecular weight is 303 g/mol. The van der Waals surface area contributed by atoms with Gasteiger partial charge in [0.2, 0.25) is 11.8 Å². The third kappa shape index (κ3) is 3.24. The summed E-state index contributed by atoms with van der Waals surface area (Å²) in [6.45, 7) is 0.665. The van der Waals surface area contributed by atoms with Crippen molar-refractivity contribution < 1.29 is 9.53 Å². The van der Waals surface area contributed by atoms with Crippen LogP contribution in [-0.4, -0.2) is 30.6 Å². The fraction of sp³-hybridized carbons (Fsp3) is 0.647. The lowest BCUT2D eigenvalue weighted by Gasteiger charge is -2.26. The van der Waals surface area contributed by atoms with Gasteiger partial charge in [-0.25, -0.2) is 4.98 Å². The van der Waals surface area contributed by atoms with Crippen LogP contribution in [0.3, 0.4) is 0 Å². The molecular formula is C17H25N3O2. The molecule has 2 fully saturated rings. The SMILES string of the molecule is COc1cc(CCNC(=O)C2CC23CCC(N)CC3)ccn1. The van der Waals surface area contributed by atoms with Crippen LogP contribution in [0.25, 0.3) is 0 Å². The molecule has 2 saturated carbocycles. The minimum Gasteiger partial charge on any atom is -0.481 e. The number of ether oxygens (including phenoxy) is 1. The van der Waals surface area contributed by atoms with Gasteiger partial charge in [0.25, 0.3) is 0 Å². The Morgan fingerprint density at radius 2 is 2.27 bits per heavy atom. The van der Waals surface area contributed by atoms with Crippen molar-refractivity contribution in [3.63, 3.8) is 0 Å². The number of aromatic nitrogens is 1. The van der Waals surface area contributed by atoms with Gasteiger partial charge in [0.05, 0.1) is 7.11 Å². The van der Waals surface area contributed by atoms with Gasteiger partial charge in [0.1, 0.15) is 0 Å². The zero-order chi connectivity index (χ0) is 15.6. The van der Waals surface area contributed by atoms with E-state index in [9.17, 15) is 4.79 Å². The van der Waals surface area contributed by atoms with Gasteiger partial charge in [-0.15, -0.1) is 0 Å². The molecule has 1 unspecified atom stereocenters. The molecule has 0 aromatic carbocycles. The van der Waals surface area contributed by atoms with Gasteiger partial charge in [-0.05, 0) is 55.6 Å². The van der Waals surface area contributed by atoms with Crippen molar-refractivity contribution in [2.45, 2.75) is 44.6 Å². The highest BCUT2D eigenvalue weighted by atomic mass is 16.5. The predicted octanol–water partition coefficient (Wildman–Crippen LogP) is 1.66. The molecule has 1 atom stereocenters. The largest absolute Gasteiger partial charge is 0.481 e. The molecule has 22 heavy (non-hydrogen) atoms. The monoisotopic (exact) mass is 303 g/mol. The summed E-state index contributed by atoms with van der Waals surface area (Å²) in [5.74, 6) is 1.05. The molecule has 3 rings (SSSR count). The summed E-state index contributed by atoms with van der Waals surface area (Å²) in [5.41, 5.74) is 7.36. The van der Waals surface area contributed by atoms with E-state index in [2.05, 4.69) is 10.3 Å². The first-order valence-corrected chi connectivity index (χ1v) is 8.15. The number of amides is 1. The zero-order valence-electron chi connectivity index (χ0n) is 13.2. The number of carbonyl (C=O) groups is 1. The molecule has 2 aliphatic carbocycles. The van der Waals surface area contributed by atoms with Crippen molar-refractivity contribution in [1.82, 2.24) is 10.3 Å². The van der Waals surface area contributed by atoms with Crippen molar-refractivity contribution in [2.75, 3.05) is 13.7 Å². The van der Waals surface area contributed by atoms with E-state index >= 15 is 0 Å². The maximum absolute atomic E-state index is 12.3. The minimum absolute atomic E-state index is 0.215. The third-order valence-corrected chi connectivity index (χ3v) is 5.25. The van der Waals surface area contributed by atoms with Crippen molar-refractivity contribution in [3.8, 4) is 5.88 Å². The van der Waals surface area contributed by atoms with Crippen LogP contribution in [0.4, 0.5) is 0 Å². The molecule has 1 spiro atoms. The van der Waals surface area contributed by atoms with Crippen molar-refractivity contribution in [3.05, 3.63) is 23.9 Å². The topological polar surface area (TPSA) is 77.2 Å². The molecular weight excluding hydrogens is 278 g/mol. The Balaban J connectivity index is 1.44. The summed E-state index contributed by atoms with van der Waals surface area (Å²) in [4.78, 5) is 16.4. The number of hydrogen-bond acceptors (Lipinski definition) is 4. The van der Waals surface area contributed by atoms with E-state index in [0.717, 1.165) is 44.1 Å². The first kappa shape index (κ1) is 15.3. The van der Waals surface area contributed by atoms with Gasteiger partial charge in [0.15, 0.2) is 0 Å². The second-order valence-corrected chi connectivity index (χ2v) is 6.70. The summed E-state index contributed by atoms with van der Waals surface area (Å²) in [6, 6.07) is 4.21. The number of rotatable bonds is 5. The molecule has 3 N–H and O–H groups in total. The van der Waals surface area contributed by atoms with Crippen molar-refractivity contribution in [1.29, 1.82) is 0 Å². The highest BCUT2D eigenvalue weighted by Crippen LogP contribution is 2.61. The van der Waals surface area contributed by atoms with E-state index in [4.69, 9.17) is 10.5 Å². The Kier molecular flexibility index (Phi) is 4.34. The van der Waals surface area contributed by atoms with E-state index in [1.165, 1.54) is 0 Å². The molecule has 2 aliphatic rings. The lowest BCUT2D eigenvalue weighted by molar-refractivity contribution is -0.123. The van der Waals surface area contributed by atoms with Crippen LogP contribution >= 0.6 is 0 Å². The van der Waals surface area contributed by atoms with Gasteiger partial charge in [-0.2, -0.15) is 0 Å². The lowest BCUT2D eigenvalue weighted by atomic mass is 9.82. The van der Waals surface area contributed by atoms with Crippen LogP contribution in [0.1, 0.15) is 37.7 Å². The maximum Gasteiger partial charge on any atom is 0.223 e. The Morgan fingerprint density at radius 1 is 1.50 bits per heavy atom. The molecule has 0 bridgehead atoms. The van der Waals surface area contributed by atoms with Gasteiger partial charge in [-0.3, -0.25) is 4.79 Å². The molecule has 0 aliphatic heterocycles. The number of pyridine rings is 1. The molecule has 1 aromatic heterocycles. The zero-order valence-corrected chi connectivity index (χ0v) is 13.2. The third-order valence-electron chi connectivity index (χ3n) is 5.25. The van der Waals surface area contributed by atoms with Gasteiger partial charge < -0.3 is 15.8 Å². The molecule has 1 aromatic rings. The van der Waals surface area contributed by atoms with Gasteiger partial charge >= 0.3 is 0 Å². The summed E-state index contributed by atoms with van der Waals surface area (Å²) < 4.78 is 5.11. The van der Waals surface area contributed by atoms with E-state index in [0.29, 0.717) is 18.5 Å². The van der Waals surface area contributed by atoms with Crippen LogP contribution in [0.15, 0.2) is 18.3 Å². The maximum atomic E-state index is 12.3. The van der Waals surface area contributed by atoms with Crippen LogP contribution in [0.2, 0.25) is 0 Å². The quantitative estimate of drug-likeness (QED) is 0.867. The van der Waals surface area contributed by atoms with Crippen LogP contribution < -0.4 is 15.8 Å². The van der Waals surface area contributed by atoms with E-state index < -0.39 is 0 Å². The van der Waals surface area contributed by atoms with Crippen molar-refractivity contribution >= 4 is 5.91 Å². The molecule has 5 nitrogen and oxygen atoms in total. The highest BCUT2D eigenvalue weighted by molar-refractivity contribution is 5.82. The Labute approximate surface area is 131 Å². The molecule has 1 heterocycles. The Hall–Kier alpha value is -1.62. The Bertz CT molecular complexity index is 538. The summed E-state index contributed by atoms with van der Waals surface area (Å²) in [5, 5.41) is 3.08. The van der Waals surface area contributed by atoms with Crippen molar-refractivity contribution in [2.24, 2.45) is 17.1 Å². The van der Waals surface area contributed by atoms with Gasteiger partial charge in [-0.1, -0.05) is 0 Å². The highest BCUT2D eigenvalue weighted by Gasteiger charge is 2.58. The van der Waals surface area contributed by atoms with Crippen LogP contribution in [0, 0.1) is 11.3 Å². The second kappa shape index (κ2) is 6.24. The lowest BCUT2D eigenvalue weighted by Crippen LogP contribution is -2.32. The number of carbonyl (C=O) groups excluding carboxylic acids is 1. The fourth-order valence-corrected chi connectivity index (χ4v) is 3.66. The second-order valence-electron chi connectivity index (χ2n) is 6.70. The van der Waals surface area contributed by atoms with Gasteiger partial charge in [0, 0.05) is 30.8 Å². The first-order valence-electron chi connectivity index (χ1n) is 8.15. The number of hydrogen-bond donors (Lipinski definition) is 2. The number of nitrogens with one attached hydrogen (secondary N) is 1. The molecule has 1 amide bonds. The molecule has 120 valence electrons. The number of methoxy groups -OCH3 is 1. The molecule has 0 saturated heterocycles.